The van der Waals surface area contributed by atoms with E-state index in [9.17, 15) is 0 Å². The third-order valence-corrected chi connectivity index (χ3v) is 6.99. The molecule has 0 aromatic heterocycles. The van der Waals surface area contributed by atoms with Crippen molar-refractivity contribution in [3.63, 3.8) is 0 Å². The van der Waals surface area contributed by atoms with Crippen molar-refractivity contribution in [1.29, 1.82) is 0 Å². The van der Waals surface area contributed by atoms with Crippen molar-refractivity contribution in [2.24, 2.45) is 5.92 Å². The van der Waals surface area contributed by atoms with Crippen LogP contribution in [0, 0.1) is 5.92 Å². The van der Waals surface area contributed by atoms with Gasteiger partial charge < -0.3 is 10.2 Å². The lowest BCUT2D eigenvalue weighted by atomic mass is 9.77. The minimum absolute atomic E-state index is 0.202. The molecular formula is C33H34N3+. The molecule has 0 saturated heterocycles. The van der Waals surface area contributed by atoms with Crippen molar-refractivity contribution < 1.29 is 4.58 Å². The van der Waals surface area contributed by atoms with E-state index in [1.807, 2.05) is 6.07 Å². The Morgan fingerprint density at radius 3 is 2.00 bits per heavy atom. The molecule has 4 aromatic carbocycles. The fraction of sp³-hybridized carbons (Fsp3) is 0.182. The SMILES string of the molecule is CN(C)c1ccc(C(c2ccc(Nc3ccccc3)c3ccccc23)C2C=CC(=[N+](C)C)C=C2)cc1. The number of fused-ring (bicyclic) bond motifs is 1. The summed E-state index contributed by atoms with van der Waals surface area (Å²) >= 11 is 0. The molecule has 0 fully saturated rings. The lowest BCUT2D eigenvalue weighted by Gasteiger charge is -2.27. The van der Waals surface area contributed by atoms with Crippen LogP contribution in [0.3, 0.4) is 0 Å². The predicted octanol–water partition coefficient (Wildman–Crippen LogP) is 7.24. The maximum Gasteiger partial charge on any atom is 0.198 e. The second-order valence-electron chi connectivity index (χ2n) is 9.82. The molecule has 0 spiro atoms. The Kier molecular flexibility index (Phi) is 6.73. The Morgan fingerprint density at radius 1 is 0.722 bits per heavy atom. The molecule has 1 aliphatic carbocycles. The lowest BCUT2D eigenvalue weighted by Crippen LogP contribution is -2.17. The second kappa shape index (κ2) is 10.2. The van der Waals surface area contributed by atoms with Gasteiger partial charge in [-0.05, 0) is 46.8 Å². The fourth-order valence-electron chi connectivity index (χ4n) is 5.03. The number of para-hydroxylation sites is 1. The standard InChI is InChI=1S/C33H34N3/c1-35(2)27-18-14-24(15-19-27)33(25-16-20-28(21-17-25)36(3)4)31-22-23-32(30-13-9-8-12-29(30)31)34-26-10-6-5-7-11-26/h5-24,33-34H,1-4H3/q+1. The largest absolute Gasteiger partial charge is 0.378 e. The number of rotatable bonds is 6. The first kappa shape index (κ1) is 23.6. The average Bonchev–Trinajstić information content (AvgIpc) is 2.91. The average molecular weight is 473 g/mol. The van der Waals surface area contributed by atoms with Crippen LogP contribution in [0.5, 0.6) is 0 Å². The van der Waals surface area contributed by atoms with Gasteiger partial charge in [0.1, 0.15) is 14.1 Å². The summed E-state index contributed by atoms with van der Waals surface area (Å²) in [5.41, 5.74) is 7.32. The highest BCUT2D eigenvalue weighted by Gasteiger charge is 2.26. The van der Waals surface area contributed by atoms with E-state index in [1.165, 1.54) is 33.3 Å². The minimum atomic E-state index is 0.202. The minimum Gasteiger partial charge on any atom is -0.378 e. The zero-order chi connectivity index (χ0) is 25.1. The molecular weight excluding hydrogens is 438 g/mol. The molecule has 3 heteroatoms. The molecule has 5 rings (SSSR count). The summed E-state index contributed by atoms with van der Waals surface area (Å²) in [5.74, 6) is 0.461. The number of nitrogens with zero attached hydrogens (tertiary/aromatic N) is 2. The van der Waals surface area contributed by atoms with Gasteiger partial charge in [0, 0.05) is 60.5 Å². The highest BCUT2D eigenvalue weighted by atomic mass is 15.1. The van der Waals surface area contributed by atoms with Gasteiger partial charge in [0.25, 0.3) is 0 Å². The monoisotopic (exact) mass is 472 g/mol. The third kappa shape index (κ3) is 4.83. The molecule has 180 valence electrons. The molecule has 0 amide bonds. The van der Waals surface area contributed by atoms with Crippen LogP contribution in [0.4, 0.5) is 17.1 Å². The smallest absolute Gasteiger partial charge is 0.198 e. The zero-order valence-corrected chi connectivity index (χ0v) is 21.5. The Hall–Kier alpha value is -4.11. The number of hydrogen-bond acceptors (Lipinski definition) is 2. The van der Waals surface area contributed by atoms with E-state index in [2.05, 4.69) is 152 Å². The number of allylic oxidation sites excluding steroid dienone is 4. The lowest BCUT2D eigenvalue weighted by molar-refractivity contribution is -0.462. The molecule has 0 saturated carbocycles. The first-order valence-electron chi connectivity index (χ1n) is 12.5. The Balaban J connectivity index is 1.63. The molecule has 1 atom stereocenters. The first-order valence-corrected chi connectivity index (χ1v) is 12.5. The molecule has 1 unspecified atom stereocenters. The quantitative estimate of drug-likeness (QED) is 0.298. The molecule has 3 nitrogen and oxygen atoms in total. The summed E-state index contributed by atoms with van der Waals surface area (Å²) in [4.78, 5) is 2.15. The van der Waals surface area contributed by atoms with Crippen LogP contribution in [0.25, 0.3) is 10.8 Å². The highest BCUT2D eigenvalue weighted by Crippen LogP contribution is 2.41. The predicted molar refractivity (Wildman–Crippen MR) is 155 cm³/mol. The van der Waals surface area contributed by atoms with Crippen LogP contribution < -0.4 is 10.2 Å². The van der Waals surface area contributed by atoms with Gasteiger partial charge in [-0.15, -0.1) is 0 Å². The van der Waals surface area contributed by atoms with Gasteiger partial charge in [-0.3, -0.25) is 0 Å². The van der Waals surface area contributed by atoms with Gasteiger partial charge in [0.15, 0.2) is 5.71 Å². The molecule has 0 aliphatic heterocycles. The van der Waals surface area contributed by atoms with Crippen molar-refractivity contribution in [3.8, 4) is 0 Å². The summed E-state index contributed by atoms with van der Waals surface area (Å²) in [7, 11) is 8.36. The topological polar surface area (TPSA) is 18.3 Å². The number of nitrogens with one attached hydrogen (secondary N) is 1. The van der Waals surface area contributed by atoms with Gasteiger partial charge >= 0.3 is 0 Å². The van der Waals surface area contributed by atoms with E-state index in [0.717, 1.165) is 11.4 Å². The van der Waals surface area contributed by atoms with Gasteiger partial charge in [-0.25, -0.2) is 4.58 Å². The van der Waals surface area contributed by atoms with E-state index < -0.39 is 0 Å². The van der Waals surface area contributed by atoms with E-state index in [-0.39, 0.29) is 11.8 Å². The zero-order valence-electron chi connectivity index (χ0n) is 21.5. The normalized spacial score (nSPS) is 15.7. The summed E-state index contributed by atoms with van der Waals surface area (Å²) in [6.45, 7) is 0. The van der Waals surface area contributed by atoms with Crippen molar-refractivity contribution in [1.82, 2.24) is 0 Å². The summed E-state index contributed by atoms with van der Waals surface area (Å²) in [6, 6.07) is 32.7. The van der Waals surface area contributed by atoms with E-state index in [0.29, 0.717) is 0 Å². The Bertz CT molecular complexity index is 1420. The van der Waals surface area contributed by atoms with Crippen molar-refractivity contribution in [2.45, 2.75) is 5.92 Å². The Morgan fingerprint density at radius 2 is 1.36 bits per heavy atom. The van der Waals surface area contributed by atoms with E-state index >= 15 is 0 Å². The van der Waals surface area contributed by atoms with Crippen molar-refractivity contribution >= 4 is 33.5 Å². The van der Waals surface area contributed by atoms with Gasteiger partial charge in [-0.1, -0.05) is 72.8 Å². The van der Waals surface area contributed by atoms with Gasteiger partial charge in [0.2, 0.25) is 0 Å². The molecule has 0 radical (unpaired) electrons. The molecule has 1 N–H and O–H groups in total. The van der Waals surface area contributed by atoms with Crippen LogP contribution in [-0.2, 0) is 0 Å². The van der Waals surface area contributed by atoms with Gasteiger partial charge in [-0.2, -0.15) is 0 Å². The van der Waals surface area contributed by atoms with Crippen LogP contribution in [0.1, 0.15) is 17.0 Å². The maximum absolute atomic E-state index is 3.63. The van der Waals surface area contributed by atoms with Crippen LogP contribution in [0.2, 0.25) is 0 Å². The molecule has 0 bridgehead atoms. The molecule has 36 heavy (non-hydrogen) atoms. The van der Waals surface area contributed by atoms with Crippen LogP contribution in [-0.4, -0.2) is 38.5 Å². The summed E-state index contributed by atoms with van der Waals surface area (Å²) < 4.78 is 2.16. The summed E-state index contributed by atoms with van der Waals surface area (Å²) in [6.07, 6.45) is 9.20. The van der Waals surface area contributed by atoms with E-state index in [4.69, 9.17) is 0 Å². The van der Waals surface area contributed by atoms with Gasteiger partial charge in [0.05, 0.1) is 0 Å². The number of anilines is 3. The second-order valence-corrected chi connectivity index (χ2v) is 9.82. The van der Waals surface area contributed by atoms with Crippen molar-refractivity contribution in [3.05, 3.63) is 126 Å². The fourth-order valence-corrected chi connectivity index (χ4v) is 5.03. The Labute approximate surface area is 214 Å². The van der Waals surface area contributed by atoms with Crippen LogP contribution >= 0.6 is 0 Å². The molecule has 1 aliphatic rings. The number of hydrogen-bond donors (Lipinski definition) is 1. The summed E-state index contributed by atoms with van der Waals surface area (Å²) in [5, 5.41) is 6.14. The van der Waals surface area contributed by atoms with Crippen LogP contribution in [0.15, 0.2) is 115 Å². The molecule has 4 aromatic rings. The first-order chi connectivity index (χ1) is 17.5. The number of benzene rings is 4. The third-order valence-electron chi connectivity index (χ3n) is 6.99. The maximum atomic E-state index is 3.63. The highest BCUT2D eigenvalue weighted by molar-refractivity contribution is 6.01. The molecule has 0 heterocycles. The van der Waals surface area contributed by atoms with Crippen molar-refractivity contribution in [2.75, 3.05) is 38.4 Å². The van der Waals surface area contributed by atoms with E-state index in [1.54, 1.807) is 0 Å².